The van der Waals surface area contributed by atoms with E-state index in [1.807, 2.05) is 36.4 Å². The first-order valence-corrected chi connectivity index (χ1v) is 9.18. The largest absolute Gasteiger partial charge is 0.494 e. The number of rotatable bonds is 6. The van der Waals surface area contributed by atoms with Crippen LogP contribution in [0.5, 0.6) is 5.75 Å². The summed E-state index contributed by atoms with van der Waals surface area (Å²) in [5, 5.41) is 3.36. The second kappa shape index (κ2) is 7.81. The van der Waals surface area contributed by atoms with E-state index >= 15 is 0 Å². The molecule has 0 saturated carbocycles. The van der Waals surface area contributed by atoms with Gasteiger partial charge >= 0.3 is 0 Å². The van der Waals surface area contributed by atoms with Crippen LogP contribution >= 0.6 is 0 Å². The first kappa shape index (κ1) is 16.9. The second-order valence-electron chi connectivity index (χ2n) is 6.67. The highest BCUT2D eigenvalue weighted by Gasteiger charge is 2.24. The van der Waals surface area contributed by atoms with Crippen molar-refractivity contribution in [1.82, 2.24) is 15.2 Å². The summed E-state index contributed by atoms with van der Waals surface area (Å²) < 4.78 is 5.88. The van der Waals surface area contributed by atoms with Crippen LogP contribution in [0.15, 0.2) is 42.7 Å². The highest BCUT2D eigenvalue weighted by molar-refractivity contribution is 6.37. The van der Waals surface area contributed by atoms with E-state index in [-0.39, 0.29) is 5.78 Å². The Morgan fingerprint density at radius 2 is 2.08 bits per heavy atom. The summed E-state index contributed by atoms with van der Waals surface area (Å²) in [7, 11) is 0. The third-order valence-electron chi connectivity index (χ3n) is 4.88. The number of hydrogen-bond acceptors (Lipinski definition) is 5. The highest BCUT2D eigenvalue weighted by Crippen LogP contribution is 2.33. The minimum Gasteiger partial charge on any atom is -0.494 e. The number of allylic oxidation sites excluding steroid dienone is 1. The maximum Gasteiger partial charge on any atom is 0.194 e. The lowest BCUT2D eigenvalue weighted by Gasteiger charge is -2.26. The molecule has 1 saturated heterocycles. The van der Waals surface area contributed by atoms with Gasteiger partial charge in [0.25, 0.3) is 0 Å². The van der Waals surface area contributed by atoms with Crippen LogP contribution in [0.3, 0.4) is 0 Å². The van der Waals surface area contributed by atoms with Crippen molar-refractivity contribution in [3.8, 4) is 5.75 Å². The second-order valence-corrected chi connectivity index (χ2v) is 6.67. The normalized spacial score (nSPS) is 17.1. The van der Waals surface area contributed by atoms with Crippen LogP contribution in [0.25, 0.3) is 11.6 Å². The topological polar surface area (TPSA) is 54.5 Å². The zero-order valence-corrected chi connectivity index (χ0v) is 14.8. The van der Waals surface area contributed by atoms with Gasteiger partial charge in [-0.25, -0.2) is 0 Å². The third-order valence-corrected chi connectivity index (χ3v) is 4.88. The Morgan fingerprint density at radius 1 is 1.19 bits per heavy atom. The molecule has 26 heavy (non-hydrogen) atoms. The summed E-state index contributed by atoms with van der Waals surface area (Å²) in [6.07, 6.45) is 6.36. The summed E-state index contributed by atoms with van der Waals surface area (Å²) >= 11 is 0. The van der Waals surface area contributed by atoms with Gasteiger partial charge in [0, 0.05) is 61.8 Å². The predicted molar refractivity (Wildman–Crippen MR) is 102 cm³/mol. The molecule has 1 aromatic carbocycles. The molecule has 134 valence electrons. The van der Waals surface area contributed by atoms with E-state index in [4.69, 9.17) is 4.74 Å². The van der Waals surface area contributed by atoms with E-state index < -0.39 is 0 Å². The Labute approximate surface area is 153 Å². The van der Waals surface area contributed by atoms with Gasteiger partial charge in [-0.05, 0) is 36.3 Å². The van der Waals surface area contributed by atoms with Crippen molar-refractivity contribution in [2.24, 2.45) is 0 Å². The van der Waals surface area contributed by atoms with Gasteiger partial charge in [-0.15, -0.1) is 0 Å². The average Bonchev–Trinajstić information content (AvgIpc) is 3.03. The van der Waals surface area contributed by atoms with Crippen LogP contribution in [-0.4, -0.2) is 55.0 Å². The van der Waals surface area contributed by atoms with E-state index in [1.54, 1.807) is 12.4 Å². The molecule has 2 heterocycles. The number of nitrogens with one attached hydrogen (secondary N) is 1. The van der Waals surface area contributed by atoms with E-state index in [0.717, 1.165) is 56.0 Å². The molecule has 5 nitrogen and oxygen atoms in total. The van der Waals surface area contributed by atoms with Gasteiger partial charge in [0.15, 0.2) is 5.78 Å². The number of ketones is 1. The van der Waals surface area contributed by atoms with Crippen molar-refractivity contribution < 1.29 is 9.53 Å². The Hall–Kier alpha value is -2.50. The standard InChI is InChI=1S/C21H23N3O2/c25-21-19(17-3-1-6-23-15-17)13-16-4-5-18(14-20(16)21)26-12-2-9-24-10-7-22-8-11-24/h1,3-6,13-15,22H,2,7-12H2. The molecular weight excluding hydrogens is 326 g/mol. The Morgan fingerprint density at radius 3 is 2.88 bits per heavy atom. The molecule has 1 N–H and O–H groups in total. The lowest BCUT2D eigenvalue weighted by Crippen LogP contribution is -2.43. The zero-order valence-electron chi connectivity index (χ0n) is 14.8. The van der Waals surface area contributed by atoms with Crippen LogP contribution < -0.4 is 10.1 Å². The molecule has 1 fully saturated rings. The molecule has 0 spiro atoms. The summed E-state index contributed by atoms with van der Waals surface area (Å²) in [5.74, 6) is 0.803. The molecule has 0 radical (unpaired) electrons. The molecule has 2 aliphatic rings. The smallest absolute Gasteiger partial charge is 0.194 e. The maximum absolute atomic E-state index is 12.7. The minimum absolute atomic E-state index is 0.0410. The molecule has 0 amide bonds. The zero-order chi connectivity index (χ0) is 17.8. The van der Waals surface area contributed by atoms with Gasteiger partial charge in [-0.1, -0.05) is 12.1 Å². The Kier molecular flexibility index (Phi) is 5.09. The number of benzene rings is 1. The van der Waals surface area contributed by atoms with Gasteiger partial charge in [0.05, 0.1) is 6.61 Å². The molecule has 5 heteroatoms. The van der Waals surface area contributed by atoms with Crippen molar-refractivity contribution in [3.05, 3.63) is 59.4 Å². The number of aromatic nitrogens is 1. The van der Waals surface area contributed by atoms with E-state index in [2.05, 4.69) is 15.2 Å². The summed E-state index contributed by atoms with van der Waals surface area (Å²) in [6.45, 7) is 6.07. The number of Topliss-reactive ketones (excluding diaryl/α,β-unsaturated/α-hetero) is 1. The number of carbonyl (C=O) groups excluding carboxylic acids is 1. The molecule has 0 unspecified atom stereocenters. The summed E-state index contributed by atoms with van der Waals surface area (Å²) in [5.41, 5.74) is 3.21. The van der Waals surface area contributed by atoms with Crippen LogP contribution in [0.1, 0.15) is 27.9 Å². The number of ether oxygens (including phenoxy) is 1. The molecule has 2 aromatic rings. The summed E-state index contributed by atoms with van der Waals surface area (Å²) in [6, 6.07) is 9.53. The van der Waals surface area contributed by atoms with Crippen LogP contribution in [0.2, 0.25) is 0 Å². The average molecular weight is 349 g/mol. The number of carbonyl (C=O) groups is 1. The molecule has 0 bridgehead atoms. The number of nitrogens with zero attached hydrogens (tertiary/aromatic N) is 2. The van der Waals surface area contributed by atoms with E-state index in [0.29, 0.717) is 17.7 Å². The molecule has 1 aliphatic carbocycles. The monoisotopic (exact) mass is 349 g/mol. The number of pyridine rings is 1. The molecule has 0 atom stereocenters. The van der Waals surface area contributed by atoms with Crippen molar-refractivity contribution in [3.63, 3.8) is 0 Å². The molecular formula is C21H23N3O2. The number of piperazine rings is 1. The van der Waals surface area contributed by atoms with Gasteiger partial charge in [0.2, 0.25) is 0 Å². The number of hydrogen-bond donors (Lipinski definition) is 1. The number of fused-ring (bicyclic) bond motifs is 1. The quantitative estimate of drug-likeness (QED) is 0.812. The first-order valence-electron chi connectivity index (χ1n) is 9.18. The Balaban J connectivity index is 1.35. The van der Waals surface area contributed by atoms with Gasteiger partial charge in [0.1, 0.15) is 5.75 Å². The third kappa shape index (κ3) is 3.69. The van der Waals surface area contributed by atoms with E-state index in [1.165, 1.54) is 0 Å². The summed E-state index contributed by atoms with van der Waals surface area (Å²) in [4.78, 5) is 19.3. The van der Waals surface area contributed by atoms with Crippen LogP contribution in [-0.2, 0) is 0 Å². The molecule has 4 rings (SSSR count). The van der Waals surface area contributed by atoms with Crippen molar-refractivity contribution in [1.29, 1.82) is 0 Å². The van der Waals surface area contributed by atoms with Gasteiger partial charge in [-0.2, -0.15) is 0 Å². The van der Waals surface area contributed by atoms with Crippen molar-refractivity contribution >= 4 is 17.4 Å². The fourth-order valence-corrected chi connectivity index (χ4v) is 3.46. The molecule has 1 aromatic heterocycles. The van der Waals surface area contributed by atoms with Crippen molar-refractivity contribution in [2.75, 3.05) is 39.3 Å². The maximum atomic E-state index is 12.7. The van der Waals surface area contributed by atoms with E-state index in [9.17, 15) is 4.79 Å². The highest BCUT2D eigenvalue weighted by atomic mass is 16.5. The SMILES string of the molecule is O=C1C(c2cccnc2)=Cc2ccc(OCCCN3CCNCC3)cc21. The van der Waals surface area contributed by atoms with Crippen LogP contribution in [0.4, 0.5) is 0 Å². The fourth-order valence-electron chi connectivity index (χ4n) is 3.46. The predicted octanol–water partition coefficient (Wildman–Crippen LogP) is 2.49. The fraction of sp³-hybridized carbons (Fsp3) is 0.333. The molecule has 1 aliphatic heterocycles. The first-order chi connectivity index (χ1) is 12.8. The Bertz CT molecular complexity index is 811. The lowest BCUT2D eigenvalue weighted by atomic mass is 10.0. The lowest BCUT2D eigenvalue weighted by molar-refractivity contribution is 0.105. The van der Waals surface area contributed by atoms with Gasteiger partial charge in [-0.3, -0.25) is 9.78 Å². The minimum atomic E-state index is 0.0410. The van der Waals surface area contributed by atoms with Gasteiger partial charge < -0.3 is 15.0 Å². The van der Waals surface area contributed by atoms with Crippen LogP contribution in [0, 0.1) is 0 Å². The van der Waals surface area contributed by atoms with Crippen molar-refractivity contribution in [2.45, 2.75) is 6.42 Å².